The Morgan fingerprint density at radius 2 is 1.79 bits per heavy atom. The molecule has 122 valence electrons. The van der Waals surface area contributed by atoms with Crippen LogP contribution in [0.25, 0.3) is 0 Å². The summed E-state index contributed by atoms with van der Waals surface area (Å²) in [6, 6.07) is 14.1. The van der Waals surface area contributed by atoms with Gasteiger partial charge in [0.25, 0.3) is 0 Å². The average molecular weight is 322 g/mol. The van der Waals surface area contributed by atoms with Gasteiger partial charge in [0.1, 0.15) is 11.6 Å². The number of aryl methyl sites for hydroxylation is 2. The lowest BCUT2D eigenvalue weighted by molar-refractivity contribution is 0.628. The molecule has 24 heavy (non-hydrogen) atoms. The highest BCUT2D eigenvalue weighted by Gasteiger charge is 2.06. The first-order valence-electron chi connectivity index (χ1n) is 7.87. The fourth-order valence-corrected chi connectivity index (χ4v) is 2.48. The zero-order valence-corrected chi connectivity index (χ0v) is 13.7. The summed E-state index contributed by atoms with van der Waals surface area (Å²) in [7, 11) is 0. The molecule has 0 aliphatic heterocycles. The number of para-hydroxylation sites is 1. The van der Waals surface area contributed by atoms with Crippen LogP contribution in [0.1, 0.15) is 18.1 Å². The van der Waals surface area contributed by atoms with Crippen LogP contribution in [0.2, 0.25) is 0 Å². The van der Waals surface area contributed by atoms with E-state index < -0.39 is 0 Å². The maximum Gasteiger partial charge on any atom is 0.229 e. The summed E-state index contributed by atoms with van der Waals surface area (Å²) in [4.78, 5) is 8.68. The van der Waals surface area contributed by atoms with Crippen molar-refractivity contribution < 1.29 is 4.39 Å². The van der Waals surface area contributed by atoms with E-state index in [4.69, 9.17) is 0 Å². The fourth-order valence-electron chi connectivity index (χ4n) is 2.48. The molecular formula is C19H19FN4. The molecule has 0 bridgehead atoms. The van der Waals surface area contributed by atoms with Crippen LogP contribution in [0, 0.1) is 12.7 Å². The van der Waals surface area contributed by atoms with Crippen LogP contribution >= 0.6 is 0 Å². The highest BCUT2D eigenvalue weighted by molar-refractivity contribution is 5.65. The molecule has 0 unspecified atom stereocenters. The van der Waals surface area contributed by atoms with Crippen LogP contribution in [0.3, 0.4) is 0 Å². The SMILES string of the molecule is CCc1cccc(C)c1Nc1ccnc(Nc2ccc(F)cc2)n1. The van der Waals surface area contributed by atoms with Gasteiger partial charge in [0.2, 0.25) is 5.95 Å². The number of hydrogen-bond acceptors (Lipinski definition) is 4. The lowest BCUT2D eigenvalue weighted by atomic mass is 10.1. The molecule has 0 aliphatic carbocycles. The van der Waals surface area contributed by atoms with E-state index in [1.54, 1.807) is 18.3 Å². The number of hydrogen-bond donors (Lipinski definition) is 2. The molecule has 4 nitrogen and oxygen atoms in total. The molecule has 2 aromatic carbocycles. The van der Waals surface area contributed by atoms with Gasteiger partial charge in [-0.25, -0.2) is 9.37 Å². The highest BCUT2D eigenvalue weighted by atomic mass is 19.1. The van der Waals surface area contributed by atoms with Gasteiger partial charge in [-0.05, 0) is 54.8 Å². The second kappa shape index (κ2) is 7.08. The third-order valence-electron chi connectivity index (χ3n) is 3.75. The predicted molar refractivity (Wildman–Crippen MR) is 95.6 cm³/mol. The molecule has 3 aromatic rings. The lowest BCUT2D eigenvalue weighted by Crippen LogP contribution is -2.03. The number of aromatic nitrogens is 2. The maximum atomic E-state index is 13.0. The molecule has 0 saturated heterocycles. The molecule has 0 amide bonds. The quantitative estimate of drug-likeness (QED) is 0.696. The van der Waals surface area contributed by atoms with Gasteiger partial charge in [-0.3, -0.25) is 0 Å². The summed E-state index contributed by atoms with van der Waals surface area (Å²) >= 11 is 0. The Morgan fingerprint density at radius 1 is 1.00 bits per heavy atom. The Labute approximate surface area is 140 Å². The smallest absolute Gasteiger partial charge is 0.229 e. The Kier molecular flexibility index (Phi) is 4.70. The Morgan fingerprint density at radius 3 is 2.54 bits per heavy atom. The second-order valence-corrected chi connectivity index (χ2v) is 5.48. The van der Waals surface area contributed by atoms with E-state index in [0.717, 1.165) is 17.8 Å². The number of rotatable bonds is 5. The van der Waals surface area contributed by atoms with E-state index in [0.29, 0.717) is 11.8 Å². The molecule has 3 rings (SSSR count). The van der Waals surface area contributed by atoms with E-state index in [9.17, 15) is 4.39 Å². The zero-order chi connectivity index (χ0) is 16.9. The van der Waals surface area contributed by atoms with Crippen LogP contribution in [0.5, 0.6) is 0 Å². The van der Waals surface area contributed by atoms with E-state index in [1.165, 1.54) is 23.3 Å². The van der Waals surface area contributed by atoms with Crippen molar-refractivity contribution in [1.29, 1.82) is 0 Å². The number of halogens is 1. The minimum absolute atomic E-state index is 0.275. The van der Waals surface area contributed by atoms with Gasteiger partial charge >= 0.3 is 0 Å². The largest absolute Gasteiger partial charge is 0.340 e. The molecule has 1 heterocycles. The van der Waals surface area contributed by atoms with Gasteiger partial charge in [0.15, 0.2) is 0 Å². The van der Waals surface area contributed by atoms with Crippen molar-refractivity contribution in [2.45, 2.75) is 20.3 Å². The summed E-state index contributed by atoms with van der Waals surface area (Å²) in [5, 5.41) is 6.45. The Bertz CT molecular complexity index is 831. The average Bonchev–Trinajstić information content (AvgIpc) is 2.59. The minimum atomic E-state index is -0.275. The summed E-state index contributed by atoms with van der Waals surface area (Å²) in [6.07, 6.45) is 2.63. The summed E-state index contributed by atoms with van der Waals surface area (Å²) in [5.74, 6) is 0.889. The first-order chi connectivity index (χ1) is 11.7. The molecule has 0 fully saturated rings. The minimum Gasteiger partial charge on any atom is -0.340 e. The monoisotopic (exact) mass is 322 g/mol. The number of anilines is 4. The summed E-state index contributed by atoms with van der Waals surface area (Å²) in [5.41, 5.74) is 4.22. The molecule has 0 atom stereocenters. The normalized spacial score (nSPS) is 10.5. The molecule has 5 heteroatoms. The van der Waals surface area contributed by atoms with Gasteiger partial charge < -0.3 is 10.6 Å². The van der Waals surface area contributed by atoms with Crippen LogP contribution in [-0.2, 0) is 6.42 Å². The topological polar surface area (TPSA) is 49.8 Å². The Balaban J connectivity index is 1.82. The van der Waals surface area contributed by atoms with E-state index in [-0.39, 0.29) is 5.82 Å². The van der Waals surface area contributed by atoms with Crippen LogP contribution in [0.15, 0.2) is 54.7 Å². The van der Waals surface area contributed by atoms with Crippen molar-refractivity contribution in [3.05, 3.63) is 71.7 Å². The number of nitrogens with zero attached hydrogens (tertiary/aromatic N) is 2. The van der Waals surface area contributed by atoms with Crippen molar-refractivity contribution in [3.63, 3.8) is 0 Å². The first kappa shape index (κ1) is 15.9. The molecule has 0 saturated carbocycles. The third kappa shape index (κ3) is 3.68. The van der Waals surface area contributed by atoms with Crippen molar-refractivity contribution in [3.8, 4) is 0 Å². The van der Waals surface area contributed by atoms with Gasteiger partial charge in [-0.2, -0.15) is 4.98 Å². The lowest BCUT2D eigenvalue weighted by Gasteiger charge is -2.14. The van der Waals surface area contributed by atoms with Crippen LogP contribution in [-0.4, -0.2) is 9.97 Å². The van der Waals surface area contributed by atoms with Gasteiger partial charge in [0.05, 0.1) is 0 Å². The predicted octanol–water partition coefficient (Wildman–Crippen LogP) is 4.97. The van der Waals surface area contributed by atoms with Gasteiger partial charge in [-0.1, -0.05) is 25.1 Å². The highest BCUT2D eigenvalue weighted by Crippen LogP contribution is 2.25. The first-order valence-corrected chi connectivity index (χ1v) is 7.87. The fraction of sp³-hybridized carbons (Fsp3) is 0.158. The molecule has 0 spiro atoms. The van der Waals surface area contributed by atoms with Gasteiger partial charge in [0, 0.05) is 17.6 Å². The third-order valence-corrected chi connectivity index (χ3v) is 3.75. The van der Waals surface area contributed by atoms with Crippen molar-refractivity contribution in [2.75, 3.05) is 10.6 Å². The van der Waals surface area contributed by atoms with Crippen molar-refractivity contribution in [2.24, 2.45) is 0 Å². The number of nitrogens with one attached hydrogen (secondary N) is 2. The molecule has 1 aromatic heterocycles. The van der Waals surface area contributed by atoms with Gasteiger partial charge in [-0.15, -0.1) is 0 Å². The summed E-state index contributed by atoms with van der Waals surface area (Å²) in [6.45, 7) is 4.20. The molecule has 2 N–H and O–H groups in total. The van der Waals surface area contributed by atoms with Crippen LogP contribution < -0.4 is 10.6 Å². The van der Waals surface area contributed by atoms with E-state index in [2.05, 4.69) is 52.6 Å². The summed E-state index contributed by atoms with van der Waals surface area (Å²) < 4.78 is 13.0. The molecule has 0 aliphatic rings. The standard InChI is InChI=1S/C19H19FN4/c1-3-14-6-4-5-13(2)18(14)23-17-11-12-21-19(24-17)22-16-9-7-15(20)8-10-16/h4-12H,3H2,1-2H3,(H2,21,22,23,24). The van der Waals surface area contributed by atoms with E-state index in [1.807, 2.05) is 6.07 Å². The Hall–Kier alpha value is -2.95. The second-order valence-electron chi connectivity index (χ2n) is 5.48. The van der Waals surface area contributed by atoms with Crippen molar-refractivity contribution in [1.82, 2.24) is 9.97 Å². The zero-order valence-electron chi connectivity index (χ0n) is 13.7. The van der Waals surface area contributed by atoms with Crippen LogP contribution in [0.4, 0.5) is 27.5 Å². The maximum absolute atomic E-state index is 13.0. The van der Waals surface area contributed by atoms with Crippen molar-refractivity contribution >= 4 is 23.1 Å². The molecule has 0 radical (unpaired) electrons. The van der Waals surface area contributed by atoms with E-state index >= 15 is 0 Å². The number of benzene rings is 2. The molecular weight excluding hydrogens is 303 g/mol.